The number of rotatable bonds is 5. The van der Waals surface area contributed by atoms with Crippen LogP contribution in [0.4, 0.5) is 0 Å². The van der Waals surface area contributed by atoms with E-state index in [4.69, 9.17) is 0 Å². The van der Waals surface area contributed by atoms with Gasteiger partial charge in [0.1, 0.15) is 0 Å². The van der Waals surface area contributed by atoms with Crippen LogP contribution in [0.3, 0.4) is 0 Å². The molecule has 0 bridgehead atoms. The van der Waals surface area contributed by atoms with Crippen molar-refractivity contribution < 1.29 is 0 Å². The summed E-state index contributed by atoms with van der Waals surface area (Å²) in [5.41, 5.74) is 3.42. The second-order valence-electron chi connectivity index (χ2n) is 5.54. The van der Waals surface area contributed by atoms with Gasteiger partial charge in [-0.05, 0) is 24.1 Å². The van der Waals surface area contributed by atoms with Gasteiger partial charge < -0.3 is 10.6 Å². The fourth-order valence-corrected chi connectivity index (χ4v) is 2.65. The zero-order valence-corrected chi connectivity index (χ0v) is 14.0. The van der Waals surface area contributed by atoms with Crippen LogP contribution >= 0.6 is 0 Å². The normalized spacial score (nSPS) is 11.7. The molecule has 6 nitrogen and oxygen atoms in total. The highest BCUT2D eigenvalue weighted by Crippen LogP contribution is 2.15. The average Bonchev–Trinajstić information content (AvgIpc) is 3.03. The number of nitrogens with one attached hydrogen (secondary N) is 2. The number of para-hydroxylation sites is 1. The molecule has 0 saturated heterocycles. The summed E-state index contributed by atoms with van der Waals surface area (Å²) in [6.07, 6.45) is 4.52. The van der Waals surface area contributed by atoms with Crippen LogP contribution in [0.2, 0.25) is 0 Å². The van der Waals surface area contributed by atoms with Crippen molar-refractivity contribution in [2.24, 2.45) is 12.0 Å². The van der Waals surface area contributed by atoms with E-state index in [-0.39, 0.29) is 0 Å². The zero-order valence-electron chi connectivity index (χ0n) is 14.0. The molecule has 0 unspecified atom stereocenters. The third-order valence-electron chi connectivity index (χ3n) is 3.99. The van der Waals surface area contributed by atoms with Crippen LogP contribution in [0.25, 0.3) is 10.9 Å². The number of hydrogen-bond acceptors (Lipinski definition) is 3. The Kier molecular flexibility index (Phi) is 5.05. The molecule has 0 aliphatic heterocycles. The molecule has 0 aliphatic carbocycles. The van der Waals surface area contributed by atoms with Gasteiger partial charge in [-0.1, -0.05) is 24.3 Å². The molecular weight excluding hydrogens is 300 g/mol. The number of aryl methyl sites for hydroxylation is 1. The Morgan fingerprint density at radius 3 is 2.79 bits per heavy atom. The van der Waals surface area contributed by atoms with Gasteiger partial charge in [-0.3, -0.25) is 14.7 Å². The number of pyridine rings is 1. The Labute approximate surface area is 141 Å². The molecule has 124 valence electrons. The minimum Gasteiger partial charge on any atom is -0.356 e. The highest BCUT2D eigenvalue weighted by molar-refractivity contribution is 5.82. The molecule has 6 heteroatoms. The van der Waals surface area contributed by atoms with Crippen LogP contribution in [-0.4, -0.2) is 34.3 Å². The van der Waals surface area contributed by atoms with Crippen molar-refractivity contribution in [1.82, 2.24) is 25.4 Å². The predicted molar refractivity (Wildman–Crippen MR) is 96.9 cm³/mol. The van der Waals surface area contributed by atoms with Crippen molar-refractivity contribution in [3.63, 3.8) is 0 Å². The summed E-state index contributed by atoms with van der Waals surface area (Å²) >= 11 is 0. The van der Waals surface area contributed by atoms with Gasteiger partial charge in [-0.25, -0.2) is 0 Å². The minimum atomic E-state index is 0.687. The molecule has 3 rings (SSSR count). The van der Waals surface area contributed by atoms with Crippen molar-refractivity contribution in [3.8, 4) is 0 Å². The summed E-state index contributed by atoms with van der Waals surface area (Å²) < 4.78 is 1.85. The lowest BCUT2D eigenvalue weighted by molar-refractivity contribution is 0.684. The van der Waals surface area contributed by atoms with Crippen molar-refractivity contribution in [2.75, 3.05) is 13.6 Å². The third kappa shape index (κ3) is 3.71. The van der Waals surface area contributed by atoms with E-state index in [1.165, 1.54) is 10.9 Å². The van der Waals surface area contributed by atoms with E-state index in [2.05, 4.69) is 50.0 Å². The number of guanidine groups is 1. The average molecular weight is 322 g/mol. The van der Waals surface area contributed by atoms with Gasteiger partial charge in [0.15, 0.2) is 5.96 Å². The first-order chi connectivity index (χ1) is 11.8. The van der Waals surface area contributed by atoms with Gasteiger partial charge in [0.25, 0.3) is 0 Å². The van der Waals surface area contributed by atoms with Crippen molar-refractivity contribution in [1.29, 1.82) is 0 Å². The van der Waals surface area contributed by atoms with Gasteiger partial charge >= 0.3 is 0 Å². The Bertz CT molecular complexity index is 831. The maximum Gasteiger partial charge on any atom is 0.191 e. The summed E-state index contributed by atoms with van der Waals surface area (Å²) in [6, 6.07) is 12.3. The molecule has 2 heterocycles. The fraction of sp³-hybridized carbons (Fsp3) is 0.278. The van der Waals surface area contributed by atoms with Crippen molar-refractivity contribution in [2.45, 2.75) is 13.0 Å². The topological polar surface area (TPSA) is 67.1 Å². The van der Waals surface area contributed by atoms with Gasteiger partial charge in [-0.2, -0.15) is 5.10 Å². The molecule has 2 aromatic heterocycles. The van der Waals surface area contributed by atoms with E-state index in [1.54, 1.807) is 13.2 Å². The zero-order chi connectivity index (χ0) is 16.8. The maximum absolute atomic E-state index is 4.50. The molecular formula is C18H22N6. The number of fused-ring (bicyclic) bond motifs is 1. The van der Waals surface area contributed by atoms with Gasteiger partial charge in [-0.15, -0.1) is 0 Å². The molecule has 0 spiro atoms. The first kappa shape index (κ1) is 16.0. The number of hydrogen-bond donors (Lipinski definition) is 2. The molecule has 2 N–H and O–H groups in total. The first-order valence-corrected chi connectivity index (χ1v) is 8.02. The van der Waals surface area contributed by atoms with Crippen LogP contribution in [0.15, 0.2) is 53.8 Å². The van der Waals surface area contributed by atoms with Gasteiger partial charge in [0.2, 0.25) is 0 Å². The third-order valence-corrected chi connectivity index (χ3v) is 3.99. The standard InChI is InChI=1S/C18H22N6/c1-19-18(22-13-16-9-12-23-24(16)2)21-11-8-15-6-3-5-14-7-4-10-20-17(14)15/h3-7,9-10,12H,8,11,13H2,1-2H3,(H2,19,21,22). The summed E-state index contributed by atoms with van der Waals surface area (Å²) in [5, 5.41) is 12.0. The maximum atomic E-state index is 4.50. The number of aromatic nitrogens is 3. The lowest BCUT2D eigenvalue weighted by Crippen LogP contribution is -2.38. The van der Waals surface area contributed by atoms with E-state index in [9.17, 15) is 0 Å². The fourth-order valence-electron chi connectivity index (χ4n) is 2.65. The van der Waals surface area contributed by atoms with Gasteiger partial charge in [0.05, 0.1) is 17.8 Å². The molecule has 3 aromatic rings. The first-order valence-electron chi connectivity index (χ1n) is 8.02. The van der Waals surface area contributed by atoms with E-state index >= 15 is 0 Å². The lowest BCUT2D eigenvalue weighted by Gasteiger charge is -2.12. The molecule has 0 aliphatic rings. The monoisotopic (exact) mass is 322 g/mol. The summed E-state index contributed by atoms with van der Waals surface area (Å²) in [5.74, 6) is 0.782. The smallest absolute Gasteiger partial charge is 0.191 e. The summed E-state index contributed by atoms with van der Waals surface area (Å²) in [4.78, 5) is 8.76. The Morgan fingerprint density at radius 1 is 1.12 bits per heavy atom. The van der Waals surface area contributed by atoms with Crippen LogP contribution in [0.1, 0.15) is 11.3 Å². The molecule has 0 amide bonds. The SMILES string of the molecule is CN=C(NCCc1cccc2cccnc12)NCc1ccnn1C. The van der Waals surface area contributed by atoms with E-state index in [0.29, 0.717) is 6.54 Å². The number of aliphatic imine (C=N–C) groups is 1. The van der Waals surface area contributed by atoms with Crippen molar-refractivity contribution >= 4 is 16.9 Å². The largest absolute Gasteiger partial charge is 0.356 e. The molecule has 24 heavy (non-hydrogen) atoms. The summed E-state index contributed by atoms with van der Waals surface area (Å²) in [6.45, 7) is 1.48. The highest BCUT2D eigenvalue weighted by Gasteiger charge is 2.04. The summed E-state index contributed by atoms with van der Waals surface area (Å²) in [7, 11) is 3.71. The second kappa shape index (κ2) is 7.59. The molecule has 0 saturated carbocycles. The lowest BCUT2D eigenvalue weighted by atomic mass is 10.1. The van der Waals surface area contributed by atoms with E-state index in [1.807, 2.05) is 30.1 Å². The van der Waals surface area contributed by atoms with Gasteiger partial charge in [0, 0.05) is 38.4 Å². The molecule has 0 atom stereocenters. The molecule has 0 fully saturated rings. The number of nitrogens with zero attached hydrogens (tertiary/aromatic N) is 4. The molecule has 1 aromatic carbocycles. The highest BCUT2D eigenvalue weighted by atomic mass is 15.3. The number of benzene rings is 1. The van der Waals surface area contributed by atoms with Crippen molar-refractivity contribution in [3.05, 3.63) is 60.0 Å². The van der Waals surface area contributed by atoms with E-state index in [0.717, 1.165) is 30.1 Å². The van der Waals surface area contributed by atoms with Crippen LogP contribution in [0.5, 0.6) is 0 Å². The van der Waals surface area contributed by atoms with E-state index < -0.39 is 0 Å². The molecule has 0 radical (unpaired) electrons. The quantitative estimate of drug-likeness (QED) is 0.556. The Morgan fingerprint density at radius 2 is 2.00 bits per heavy atom. The van der Waals surface area contributed by atoms with Crippen LogP contribution in [0, 0.1) is 0 Å². The van der Waals surface area contributed by atoms with Crippen LogP contribution < -0.4 is 10.6 Å². The Hall–Kier alpha value is -2.89. The van der Waals surface area contributed by atoms with Crippen LogP contribution in [-0.2, 0) is 20.0 Å². The predicted octanol–water partition coefficient (Wildman–Crippen LogP) is 1.88. The minimum absolute atomic E-state index is 0.687. The Balaban J connectivity index is 1.55. The second-order valence-corrected chi connectivity index (χ2v) is 5.54.